The van der Waals surface area contributed by atoms with E-state index in [9.17, 15) is 19.2 Å². The molecule has 8 nitrogen and oxygen atoms in total. The zero-order chi connectivity index (χ0) is 21.3. The maximum atomic E-state index is 13.3. The first kappa shape index (κ1) is 20.4. The Morgan fingerprint density at radius 1 is 1.21 bits per heavy atom. The molecule has 2 N–H and O–H groups in total. The summed E-state index contributed by atoms with van der Waals surface area (Å²) in [5.74, 6) is -1.45. The second-order valence-electron chi connectivity index (χ2n) is 6.46. The summed E-state index contributed by atoms with van der Waals surface area (Å²) >= 11 is 1.03. The van der Waals surface area contributed by atoms with Crippen LogP contribution < -0.4 is 11.3 Å². The molecule has 0 saturated carbocycles. The Morgan fingerprint density at radius 2 is 1.86 bits per heavy atom. The number of benzene rings is 1. The monoisotopic (exact) mass is 413 g/mol. The highest BCUT2D eigenvalue weighted by molar-refractivity contribution is 7.20. The van der Waals surface area contributed by atoms with Crippen LogP contribution in [0.5, 0.6) is 0 Å². The summed E-state index contributed by atoms with van der Waals surface area (Å²) in [7, 11) is 1.21. The van der Waals surface area contributed by atoms with Crippen molar-refractivity contribution in [2.75, 3.05) is 7.11 Å². The molecule has 1 aromatic carbocycles. The van der Waals surface area contributed by atoms with Gasteiger partial charge in [-0.3, -0.25) is 23.7 Å². The number of amides is 1. The molecular formula is C20H19N3O5S. The van der Waals surface area contributed by atoms with Gasteiger partial charge in [-0.15, -0.1) is 11.3 Å². The predicted molar refractivity (Wildman–Crippen MR) is 108 cm³/mol. The molecule has 1 amide bonds. The van der Waals surface area contributed by atoms with Gasteiger partial charge in [0.2, 0.25) is 0 Å². The number of fused-ring (bicyclic) bond motifs is 1. The number of nitrogens with two attached hydrogens (primary N) is 1. The van der Waals surface area contributed by atoms with Gasteiger partial charge in [0.25, 0.3) is 11.5 Å². The van der Waals surface area contributed by atoms with Crippen molar-refractivity contribution in [2.45, 2.75) is 26.3 Å². The predicted octanol–water partition coefficient (Wildman–Crippen LogP) is 2.16. The van der Waals surface area contributed by atoms with Crippen molar-refractivity contribution in [1.82, 2.24) is 9.55 Å². The molecule has 0 fully saturated rings. The average molecular weight is 413 g/mol. The van der Waals surface area contributed by atoms with Gasteiger partial charge in [0, 0.05) is 5.56 Å². The van der Waals surface area contributed by atoms with Gasteiger partial charge in [-0.25, -0.2) is 4.98 Å². The Hall–Kier alpha value is -3.33. The third-order valence-corrected chi connectivity index (χ3v) is 5.86. The number of primary amides is 1. The fourth-order valence-corrected chi connectivity index (χ4v) is 4.31. The molecule has 9 heteroatoms. The number of hydrogen-bond acceptors (Lipinski definition) is 7. The quantitative estimate of drug-likeness (QED) is 0.488. The lowest BCUT2D eigenvalue weighted by molar-refractivity contribution is -0.141. The van der Waals surface area contributed by atoms with Gasteiger partial charge in [0.1, 0.15) is 16.7 Å². The Labute approximate surface area is 169 Å². The molecule has 2 aromatic heterocycles. The fourth-order valence-electron chi connectivity index (χ4n) is 3.24. The first-order chi connectivity index (χ1) is 13.8. The Morgan fingerprint density at radius 3 is 2.45 bits per heavy atom. The maximum Gasteiger partial charge on any atom is 0.308 e. The van der Waals surface area contributed by atoms with Crippen molar-refractivity contribution in [1.29, 1.82) is 0 Å². The van der Waals surface area contributed by atoms with Crippen LogP contribution in [0.25, 0.3) is 10.2 Å². The number of methoxy groups -OCH3 is 1. The first-order valence-electron chi connectivity index (χ1n) is 8.74. The number of aryl methyl sites for hydroxylation is 2. The molecule has 0 spiro atoms. The molecule has 0 aliphatic carbocycles. The molecule has 3 rings (SSSR count). The molecule has 0 saturated heterocycles. The van der Waals surface area contributed by atoms with Gasteiger partial charge in [-0.1, -0.05) is 30.3 Å². The molecule has 0 bridgehead atoms. The van der Waals surface area contributed by atoms with Crippen LogP contribution in [0.15, 0.2) is 35.1 Å². The zero-order valence-electron chi connectivity index (χ0n) is 16.1. The van der Waals surface area contributed by atoms with Crippen molar-refractivity contribution in [3.05, 3.63) is 62.5 Å². The van der Waals surface area contributed by atoms with Gasteiger partial charge >= 0.3 is 5.97 Å². The number of carbonyl (C=O) groups excluding carboxylic acids is 3. The SMILES string of the molecule is COC(=O)CC(C(=O)c1ccccc1)n1c(C)nc2sc(C(N)=O)c(C)c2c1=O. The molecular weight excluding hydrogens is 394 g/mol. The van der Waals surface area contributed by atoms with Crippen LogP contribution >= 0.6 is 11.3 Å². The fraction of sp³-hybridized carbons (Fsp3) is 0.250. The molecule has 0 radical (unpaired) electrons. The summed E-state index contributed by atoms with van der Waals surface area (Å²) in [6.45, 7) is 3.18. The number of ether oxygens (including phenoxy) is 1. The second kappa shape index (κ2) is 7.96. The number of nitrogens with zero attached hydrogens (tertiary/aromatic N) is 2. The first-order valence-corrected chi connectivity index (χ1v) is 9.56. The minimum atomic E-state index is -1.13. The lowest BCUT2D eigenvalue weighted by atomic mass is 10.0. The van der Waals surface area contributed by atoms with E-state index in [1.54, 1.807) is 44.2 Å². The summed E-state index contributed by atoms with van der Waals surface area (Å²) in [6, 6.07) is 7.24. The topological polar surface area (TPSA) is 121 Å². The number of carbonyl (C=O) groups is 3. The van der Waals surface area contributed by atoms with Crippen LogP contribution in [-0.4, -0.2) is 34.3 Å². The van der Waals surface area contributed by atoms with E-state index >= 15 is 0 Å². The minimum Gasteiger partial charge on any atom is -0.469 e. The average Bonchev–Trinajstić information content (AvgIpc) is 3.03. The van der Waals surface area contributed by atoms with E-state index in [0.717, 1.165) is 11.3 Å². The van der Waals surface area contributed by atoms with E-state index < -0.39 is 29.3 Å². The number of ketones is 1. The van der Waals surface area contributed by atoms with E-state index in [0.29, 0.717) is 16.0 Å². The highest BCUT2D eigenvalue weighted by Crippen LogP contribution is 2.28. The molecule has 2 heterocycles. The lowest BCUT2D eigenvalue weighted by Gasteiger charge is -2.20. The Bertz CT molecular complexity index is 1180. The van der Waals surface area contributed by atoms with Crippen molar-refractivity contribution < 1.29 is 19.1 Å². The second-order valence-corrected chi connectivity index (χ2v) is 7.46. The number of rotatable bonds is 6. The van der Waals surface area contributed by atoms with Crippen LogP contribution in [-0.2, 0) is 9.53 Å². The Kier molecular flexibility index (Phi) is 5.60. The number of thiophene rings is 1. The van der Waals surface area contributed by atoms with E-state index in [-0.39, 0.29) is 22.5 Å². The summed E-state index contributed by atoms with van der Waals surface area (Å²) in [4.78, 5) is 55.2. The van der Waals surface area contributed by atoms with Gasteiger partial charge in [-0.05, 0) is 19.4 Å². The third-order valence-electron chi connectivity index (χ3n) is 4.66. The summed E-state index contributed by atoms with van der Waals surface area (Å²) < 4.78 is 5.92. The number of aromatic nitrogens is 2. The zero-order valence-corrected chi connectivity index (χ0v) is 16.9. The van der Waals surface area contributed by atoms with Crippen molar-refractivity contribution >= 4 is 39.2 Å². The van der Waals surface area contributed by atoms with Crippen molar-refractivity contribution in [3.63, 3.8) is 0 Å². The standard InChI is InChI=1S/C20H19N3O5S/c1-10-15-19(29-17(10)18(21)26)22-11(2)23(20(15)27)13(9-14(24)28-3)16(25)12-7-5-4-6-8-12/h4-8,13H,9H2,1-3H3,(H2,21,26). The van der Waals surface area contributed by atoms with Crippen molar-refractivity contribution in [3.8, 4) is 0 Å². The molecule has 29 heavy (non-hydrogen) atoms. The molecule has 1 atom stereocenters. The van der Waals surface area contributed by atoms with Crippen LogP contribution in [0, 0.1) is 13.8 Å². The summed E-state index contributed by atoms with van der Waals surface area (Å²) in [5, 5.41) is 0.213. The van der Waals surface area contributed by atoms with Gasteiger partial charge in [-0.2, -0.15) is 0 Å². The summed E-state index contributed by atoms with van der Waals surface area (Å²) in [6.07, 6.45) is -0.329. The molecule has 150 valence electrons. The smallest absolute Gasteiger partial charge is 0.308 e. The minimum absolute atomic E-state index is 0.213. The molecule has 0 aliphatic heterocycles. The molecule has 1 unspecified atom stereocenters. The number of Topliss-reactive ketones (excluding diaryl/α,β-unsaturated/α-hetero) is 1. The highest BCUT2D eigenvalue weighted by atomic mass is 32.1. The van der Waals surface area contributed by atoms with Crippen molar-refractivity contribution in [2.24, 2.45) is 5.73 Å². The van der Waals surface area contributed by atoms with Crippen LogP contribution in [0.1, 0.15) is 43.9 Å². The number of hydrogen-bond donors (Lipinski definition) is 1. The molecule has 3 aromatic rings. The highest BCUT2D eigenvalue weighted by Gasteiger charge is 2.30. The van der Waals surface area contributed by atoms with Crippen LogP contribution in [0.2, 0.25) is 0 Å². The van der Waals surface area contributed by atoms with Gasteiger partial charge in [0.15, 0.2) is 5.78 Å². The van der Waals surface area contributed by atoms with E-state index in [4.69, 9.17) is 10.5 Å². The normalized spacial score (nSPS) is 12.0. The largest absolute Gasteiger partial charge is 0.469 e. The van der Waals surface area contributed by atoms with Crippen LogP contribution in [0.3, 0.4) is 0 Å². The number of esters is 1. The third kappa shape index (κ3) is 3.68. The lowest BCUT2D eigenvalue weighted by Crippen LogP contribution is -2.34. The van der Waals surface area contributed by atoms with Crippen LogP contribution in [0.4, 0.5) is 0 Å². The summed E-state index contributed by atoms with van der Waals surface area (Å²) in [5.41, 5.74) is 5.65. The van der Waals surface area contributed by atoms with E-state index in [1.165, 1.54) is 11.7 Å². The molecule has 0 aliphatic rings. The van der Waals surface area contributed by atoms with E-state index in [2.05, 4.69) is 4.98 Å². The Balaban J connectivity index is 2.26. The maximum absolute atomic E-state index is 13.3. The van der Waals surface area contributed by atoms with E-state index in [1.807, 2.05) is 0 Å². The van der Waals surface area contributed by atoms with Gasteiger partial charge in [0.05, 0.1) is 23.8 Å². The van der Waals surface area contributed by atoms with Gasteiger partial charge < -0.3 is 10.5 Å².